The number of aliphatic hydroxyl groups is 1. The van der Waals surface area contributed by atoms with E-state index in [9.17, 15) is 24.3 Å². The zero-order valence-corrected chi connectivity index (χ0v) is 21.7. The standard InChI is InChI=1S/C26H32BN3O8/c1-15(2)13-21(27-37-20(26(35)38-27)14-22(32)36-4)29-25(34)23(16(3)31)30-24(33)19-12-8-11-18(28-19)17-9-6-5-7-10-17/h5-12,15-16,20-21,23,31H,13-14H2,1-4H3,(H,29,34)(H,30,33)/t16-,20?,21+,23+/m1/s1. The largest absolute Gasteiger partial charge is 0.552 e. The normalized spacial score (nSPS) is 17.4. The van der Waals surface area contributed by atoms with Crippen molar-refractivity contribution >= 4 is 30.9 Å². The van der Waals surface area contributed by atoms with Crippen molar-refractivity contribution in [3.8, 4) is 11.3 Å². The van der Waals surface area contributed by atoms with Gasteiger partial charge in [-0.15, -0.1) is 0 Å². The molecule has 1 aliphatic heterocycles. The van der Waals surface area contributed by atoms with E-state index in [2.05, 4.69) is 20.4 Å². The van der Waals surface area contributed by atoms with Gasteiger partial charge in [0.25, 0.3) is 5.91 Å². The van der Waals surface area contributed by atoms with Crippen molar-refractivity contribution in [2.24, 2.45) is 5.92 Å². The fourth-order valence-electron chi connectivity index (χ4n) is 3.95. The van der Waals surface area contributed by atoms with E-state index in [1.54, 1.807) is 12.1 Å². The molecule has 2 heterocycles. The maximum Gasteiger partial charge on any atom is 0.552 e. The smallest absolute Gasteiger partial charge is 0.506 e. The van der Waals surface area contributed by atoms with Crippen LogP contribution in [0.4, 0.5) is 0 Å². The Kier molecular flexibility index (Phi) is 9.97. The van der Waals surface area contributed by atoms with E-state index in [-0.39, 0.29) is 18.0 Å². The van der Waals surface area contributed by atoms with Crippen LogP contribution in [-0.4, -0.2) is 72.3 Å². The third-order valence-electron chi connectivity index (χ3n) is 5.86. The Hall–Kier alpha value is -3.77. The summed E-state index contributed by atoms with van der Waals surface area (Å²) in [5.74, 6) is -3.47. The Morgan fingerprint density at radius 1 is 1.08 bits per heavy atom. The van der Waals surface area contributed by atoms with Crippen LogP contribution in [0.15, 0.2) is 48.5 Å². The number of carbonyl (C=O) groups excluding carboxylic acids is 4. The summed E-state index contributed by atoms with van der Waals surface area (Å²) in [5, 5.41) is 15.6. The Bertz CT molecular complexity index is 1140. The number of hydrogen-bond donors (Lipinski definition) is 3. The summed E-state index contributed by atoms with van der Waals surface area (Å²) in [6, 6.07) is 12.9. The maximum absolute atomic E-state index is 13.2. The molecule has 3 rings (SSSR count). The molecule has 0 bridgehead atoms. The van der Waals surface area contributed by atoms with Crippen LogP contribution in [0, 0.1) is 5.92 Å². The summed E-state index contributed by atoms with van der Waals surface area (Å²) in [5.41, 5.74) is 1.47. The molecule has 4 atom stereocenters. The number of nitrogens with zero attached hydrogens (tertiary/aromatic N) is 1. The fourth-order valence-corrected chi connectivity index (χ4v) is 3.95. The fraction of sp³-hybridized carbons (Fsp3) is 0.423. The van der Waals surface area contributed by atoms with Crippen LogP contribution in [0.25, 0.3) is 11.3 Å². The summed E-state index contributed by atoms with van der Waals surface area (Å²) < 4.78 is 15.5. The number of hydrogen-bond acceptors (Lipinski definition) is 9. The van der Waals surface area contributed by atoms with E-state index in [4.69, 9.17) is 9.31 Å². The summed E-state index contributed by atoms with van der Waals surface area (Å²) in [7, 11) is 0.0397. The van der Waals surface area contributed by atoms with Crippen molar-refractivity contribution < 1.29 is 38.3 Å². The summed E-state index contributed by atoms with van der Waals surface area (Å²) in [4.78, 5) is 54.4. The second-order valence-corrected chi connectivity index (χ2v) is 9.42. The van der Waals surface area contributed by atoms with Crippen LogP contribution in [0.2, 0.25) is 0 Å². The van der Waals surface area contributed by atoms with Crippen molar-refractivity contribution in [2.75, 3.05) is 7.11 Å². The van der Waals surface area contributed by atoms with E-state index in [0.29, 0.717) is 12.1 Å². The summed E-state index contributed by atoms with van der Waals surface area (Å²) in [6.07, 6.45) is -2.38. The van der Waals surface area contributed by atoms with E-state index >= 15 is 0 Å². The van der Waals surface area contributed by atoms with Gasteiger partial charge in [-0.2, -0.15) is 0 Å². The number of amides is 2. The lowest BCUT2D eigenvalue weighted by Crippen LogP contribution is -2.57. The molecule has 0 saturated carbocycles. The van der Waals surface area contributed by atoms with E-state index < -0.39 is 55.1 Å². The Morgan fingerprint density at radius 3 is 2.42 bits per heavy atom. The SMILES string of the molecule is COC(=O)CC1OB([C@H](CC(C)C)NC(=O)[C@@H](NC(=O)c2cccc(-c3ccccc3)n2)[C@@H](C)O)OC1=O. The summed E-state index contributed by atoms with van der Waals surface area (Å²) in [6.45, 7) is 5.18. The van der Waals surface area contributed by atoms with Gasteiger partial charge >= 0.3 is 19.1 Å². The molecule has 1 saturated heterocycles. The first-order chi connectivity index (χ1) is 18.1. The average Bonchev–Trinajstić information content (AvgIpc) is 3.26. The van der Waals surface area contributed by atoms with Gasteiger partial charge in [-0.05, 0) is 31.4 Å². The Balaban J connectivity index is 1.72. The van der Waals surface area contributed by atoms with Crippen LogP contribution in [0.3, 0.4) is 0 Å². The lowest BCUT2D eigenvalue weighted by atomic mass is 9.74. The van der Waals surface area contributed by atoms with Gasteiger partial charge in [0.2, 0.25) is 5.91 Å². The minimum Gasteiger partial charge on any atom is -0.506 e. The summed E-state index contributed by atoms with van der Waals surface area (Å²) >= 11 is 0. The highest BCUT2D eigenvalue weighted by atomic mass is 16.7. The molecular weight excluding hydrogens is 493 g/mol. The molecule has 1 aliphatic rings. The number of benzene rings is 1. The van der Waals surface area contributed by atoms with Gasteiger partial charge in [0.15, 0.2) is 6.10 Å². The Labute approximate surface area is 221 Å². The molecule has 2 aromatic rings. The lowest BCUT2D eigenvalue weighted by molar-refractivity contribution is -0.147. The molecule has 11 nitrogen and oxygen atoms in total. The van der Waals surface area contributed by atoms with Crippen LogP contribution >= 0.6 is 0 Å². The molecule has 202 valence electrons. The number of rotatable bonds is 11. The highest BCUT2D eigenvalue weighted by molar-refractivity contribution is 6.51. The van der Waals surface area contributed by atoms with Crippen LogP contribution in [-0.2, 0) is 28.4 Å². The first-order valence-corrected chi connectivity index (χ1v) is 12.3. The molecule has 1 unspecified atom stereocenters. The van der Waals surface area contributed by atoms with Crippen molar-refractivity contribution in [3.63, 3.8) is 0 Å². The minimum atomic E-state index is -1.33. The molecule has 1 fully saturated rings. The number of aliphatic hydroxyl groups excluding tert-OH is 1. The van der Waals surface area contributed by atoms with E-state index in [1.807, 2.05) is 44.2 Å². The number of esters is 1. The van der Waals surface area contributed by atoms with Crippen LogP contribution in [0.1, 0.15) is 44.1 Å². The number of pyridine rings is 1. The number of ether oxygens (including phenoxy) is 1. The average molecular weight is 525 g/mol. The van der Waals surface area contributed by atoms with Gasteiger partial charge in [-0.25, -0.2) is 4.98 Å². The molecule has 0 spiro atoms. The molecule has 2 amide bonds. The van der Waals surface area contributed by atoms with Crippen molar-refractivity contribution in [1.82, 2.24) is 15.6 Å². The van der Waals surface area contributed by atoms with Crippen LogP contribution in [0.5, 0.6) is 0 Å². The maximum atomic E-state index is 13.2. The van der Waals surface area contributed by atoms with Crippen molar-refractivity contribution in [3.05, 3.63) is 54.2 Å². The zero-order chi connectivity index (χ0) is 27.8. The number of methoxy groups -OCH3 is 1. The van der Waals surface area contributed by atoms with Gasteiger partial charge < -0.3 is 29.8 Å². The van der Waals surface area contributed by atoms with Crippen molar-refractivity contribution in [1.29, 1.82) is 0 Å². The number of carbonyl (C=O) groups is 4. The number of aromatic nitrogens is 1. The first kappa shape index (κ1) is 28.8. The molecule has 3 N–H and O–H groups in total. The van der Waals surface area contributed by atoms with E-state index in [0.717, 1.165) is 5.56 Å². The molecule has 12 heteroatoms. The molecule has 1 aromatic carbocycles. The highest BCUT2D eigenvalue weighted by Gasteiger charge is 2.47. The molecular formula is C26H32BN3O8. The minimum absolute atomic E-state index is 0.0618. The monoisotopic (exact) mass is 525 g/mol. The highest BCUT2D eigenvalue weighted by Crippen LogP contribution is 2.20. The topological polar surface area (TPSA) is 153 Å². The Morgan fingerprint density at radius 2 is 1.79 bits per heavy atom. The van der Waals surface area contributed by atoms with Gasteiger partial charge in [0, 0.05) is 5.56 Å². The third kappa shape index (κ3) is 7.62. The van der Waals surface area contributed by atoms with Gasteiger partial charge in [-0.1, -0.05) is 50.2 Å². The predicted molar refractivity (Wildman–Crippen MR) is 137 cm³/mol. The molecule has 0 aliphatic carbocycles. The van der Waals surface area contributed by atoms with Gasteiger partial charge in [0.1, 0.15) is 11.7 Å². The molecule has 0 radical (unpaired) electrons. The predicted octanol–water partition coefficient (Wildman–Crippen LogP) is 1.29. The second-order valence-electron chi connectivity index (χ2n) is 9.42. The number of nitrogens with one attached hydrogen (secondary N) is 2. The van der Waals surface area contributed by atoms with Crippen molar-refractivity contribution in [2.45, 2.75) is 57.8 Å². The quantitative estimate of drug-likeness (QED) is 0.291. The lowest BCUT2D eigenvalue weighted by Gasteiger charge is -2.26. The second kappa shape index (κ2) is 13.2. The first-order valence-electron chi connectivity index (χ1n) is 12.3. The zero-order valence-electron chi connectivity index (χ0n) is 21.7. The molecule has 1 aromatic heterocycles. The van der Waals surface area contributed by atoms with Crippen LogP contribution < -0.4 is 10.6 Å². The van der Waals surface area contributed by atoms with Gasteiger partial charge in [0.05, 0.1) is 31.3 Å². The van der Waals surface area contributed by atoms with Gasteiger partial charge in [-0.3, -0.25) is 19.2 Å². The molecule has 38 heavy (non-hydrogen) atoms. The third-order valence-corrected chi connectivity index (χ3v) is 5.86. The van der Waals surface area contributed by atoms with E-state index in [1.165, 1.54) is 20.1 Å².